The van der Waals surface area contributed by atoms with Gasteiger partial charge in [-0.25, -0.2) is 9.97 Å². The lowest BCUT2D eigenvalue weighted by Gasteiger charge is -2.01. The van der Waals surface area contributed by atoms with E-state index in [0.717, 1.165) is 10.6 Å². The zero-order valence-electron chi connectivity index (χ0n) is 8.10. The highest BCUT2D eigenvalue weighted by Gasteiger charge is 2.01. The average molecular weight is 219 g/mol. The van der Waals surface area contributed by atoms with E-state index in [9.17, 15) is 4.79 Å². The molecule has 0 atom stereocenters. The van der Waals surface area contributed by atoms with Gasteiger partial charge in [-0.2, -0.15) is 0 Å². The molecule has 0 unspecified atom stereocenters. The molecule has 5 heteroatoms. The molecular weight excluding hydrogens is 210 g/mol. The monoisotopic (exact) mass is 219 g/mol. The van der Waals surface area contributed by atoms with Crippen LogP contribution in [-0.4, -0.2) is 15.9 Å². The lowest BCUT2D eigenvalue weighted by atomic mass is 10.3. The normalized spacial score (nSPS) is 9.93. The molecule has 1 N–H and O–H groups in total. The molecule has 1 amide bonds. The van der Waals surface area contributed by atoms with Crippen molar-refractivity contribution < 1.29 is 4.79 Å². The number of rotatable bonds is 2. The fraction of sp³-hybridized carbons (Fsp3) is 0.100. The van der Waals surface area contributed by atoms with Crippen LogP contribution in [0.5, 0.6) is 0 Å². The van der Waals surface area contributed by atoms with Gasteiger partial charge in [-0.1, -0.05) is 0 Å². The molecule has 0 fully saturated rings. The molecule has 2 rings (SSSR count). The standard InChI is InChI=1S/C10H9N3OS/c1-7(14)13-9-3-2-8(6-12-9)10-11-4-5-15-10/h2-6H,1H3,(H,12,13,14). The number of nitrogens with zero attached hydrogens (tertiary/aromatic N) is 2. The first kappa shape index (κ1) is 9.79. The summed E-state index contributed by atoms with van der Waals surface area (Å²) in [5.74, 6) is 0.437. The molecule has 0 spiro atoms. The minimum atomic E-state index is -0.121. The van der Waals surface area contributed by atoms with E-state index in [2.05, 4.69) is 15.3 Å². The van der Waals surface area contributed by atoms with Gasteiger partial charge >= 0.3 is 0 Å². The van der Waals surface area contributed by atoms with Crippen LogP contribution < -0.4 is 5.32 Å². The summed E-state index contributed by atoms with van der Waals surface area (Å²) in [7, 11) is 0. The summed E-state index contributed by atoms with van der Waals surface area (Å²) in [5, 5.41) is 5.45. The molecule has 4 nitrogen and oxygen atoms in total. The van der Waals surface area contributed by atoms with Crippen LogP contribution in [0, 0.1) is 0 Å². The number of pyridine rings is 1. The molecule has 15 heavy (non-hydrogen) atoms. The summed E-state index contributed by atoms with van der Waals surface area (Å²) in [6.07, 6.45) is 3.45. The molecule has 0 aliphatic heterocycles. The second-order valence-electron chi connectivity index (χ2n) is 2.95. The molecular formula is C10H9N3OS. The van der Waals surface area contributed by atoms with Crippen LogP contribution >= 0.6 is 11.3 Å². The number of hydrogen-bond acceptors (Lipinski definition) is 4. The van der Waals surface area contributed by atoms with E-state index < -0.39 is 0 Å². The quantitative estimate of drug-likeness (QED) is 0.842. The van der Waals surface area contributed by atoms with Crippen molar-refractivity contribution in [1.29, 1.82) is 0 Å². The van der Waals surface area contributed by atoms with Crippen molar-refractivity contribution >= 4 is 23.1 Å². The van der Waals surface area contributed by atoms with Gasteiger partial charge in [0.1, 0.15) is 10.8 Å². The van der Waals surface area contributed by atoms with Crippen molar-refractivity contribution in [2.24, 2.45) is 0 Å². The van der Waals surface area contributed by atoms with Crippen LogP contribution in [-0.2, 0) is 4.79 Å². The van der Waals surface area contributed by atoms with E-state index in [4.69, 9.17) is 0 Å². The molecule has 0 saturated heterocycles. The first-order valence-electron chi connectivity index (χ1n) is 4.39. The maximum Gasteiger partial charge on any atom is 0.222 e. The van der Waals surface area contributed by atoms with Crippen LogP contribution in [0.15, 0.2) is 29.9 Å². The van der Waals surface area contributed by atoms with Gasteiger partial charge in [-0.15, -0.1) is 11.3 Å². The largest absolute Gasteiger partial charge is 0.311 e. The second kappa shape index (κ2) is 4.18. The Morgan fingerprint density at radius 2 is 2.27 bits per heavy atom. The van der Waals surface area contributed by atoms with Gasteiger partial charge in [0.2, 0.25) is 5.91 Å². The maximum atomic E-state index is 10.8. The van der Waals surface area contributed by atoms with E-state index in [1.807, 2.05) is 11.4 Å². The topological polar surface area (TPSA) is 54.9 Å². The van der Waals surface area contributed by atoms with Crippen molar-refractivity contribution in [3.05, 3.63) is 29.9 Å². The lowest BCUT2D eigenvalue weighted by Crippen LogP contribution is -2.06. The highest BCUT2D eigenvalue weighted by Crippen LogP contribution is 2.21. The highest BCUT2D eigenvalue weighted by molar-refractivity contribution is 7.13. The second-order valence-corrected chi connectivity index (χ2v) is 3.85. The summed E-state index contributed by atoms with van der Waals surface area (Å²) < 4.78 is 0. The summed E-state index contributed by atoms with van der Waals surface area (Å²) in [5.41, 5.74) is 0.958. The third kappa shape index (κ3) is 2.38. The van der Waals surface area contributed by atoms with Gasteiger partial charge in [0.05, 0.1) is 0 Å². The number of carbonyl (C=O) groups is 1. The summed E-state index contributed by atoms with van der Waals surface area (Å²) in [6, 6.07) is 3.65. The Balaban J connectivity index is 2.21. The van der Waals surface area contributed by atoms with Gasteiger partial charge in [-0.3, -0.25) is 4.79 Å². The summed E-state index contributed by atoms with van der Waals surface area (Å²) >= 11 is 1.56. The van der Waals surface area contributed by atoms with Crippen LogP contribution in [0.4, 0.5) is 5.82 Å². The van der Waals surface area contributed by atoms with Crippen molar-refractivity contribution in [3.63, 3.8) is 0 Å². The molecule has 0 radical (unpaired) electrons. The number of thiazole rings is 1. The summed E-state index contributed by atoms with van der Waals surface area (Å²) in [4.78, 5) is 19.0. The number of nitrogens with one attached hydrogen (secondary N) is 1. The van der Waals surface area contributed by atoms with Crippen LogP contribution in [0.3, 0.4) is 0 Å². The molecule has 0 bridgehead atoms. The number of anilines is 1. The minimum absolute atomic E-state index is 0.121. The molecule has 0 aliphatic rings. The molecule has 0 aromatic carbocycles. The van der Waals surface area contributed by atoms with Crippen LogP contribution in [0.25, 0.3) is 10.6 Å². The molecule has 2 heterocycles. The number of amides is 1. The SMILES string of the molecule is CC(=O)Nc1ccc(-c2nccs2)cn1. The zero-order chi connectivity index (χ0) is 10.7. The Morgan fingerprint density at radius 3 is 2.80 bits per heavy atom. The van der Waals surface area contributed by atoms with Crippen molar-refractivity contribution in [1.82, 2.24) is 9.97 Å². The molecule has 2 aromatic heterocycles. The third-order valence-electron chi connectivity index (χ3n) is 1.75. The van der Waals surface area contributed by atoms with E-state index in [1.54, 1.807) is 29.8 Å². The smallest absolute Gasteiger partial charge is 0.222 e. The molecule has 2 aromatic rings. The van der Waals surface area contributed by atoms with Crippen molar-refractivity contribution in [2.45, 2.75) is 6.92 Å². The van der Waals surface area contributed by atoms with Crippen LogP contribution in [0.1, 0.15) is 6.92 Å². The first-order chi connectivity index (χ1) is 7.25. The van der Waals surface area contributed by atoms with Gasteiger partial charge in [0, 0.05) is 30.3 Å². The Bertz CT molecular complexity index is 450. The van der Waals surface area contributed by atoms with E-state index in [-0.39, 0.29) is 5.91 Å². The molecule has 0 saturated carbocycles. The van der Waals surface area contributed by atoms with Gasteiger partial charge in [-0.05, 0) is 12.1 Å². The zero-order valence-corrected chi connectivity index (χ0v) is 8.91. The fourth-order valence-electron chi connectivity index (χ4n) is 1.14. The van der Waals surface area contributed by atoms with E-state index in [1.165, 1.54) is 6.92 Å². The lowest BCUT2D eigenvalue weighted by molar-refractivity contribution is -0.114. The average Bonchev–Trinajstić information content (AvgIpc) is 2.71. The predicted molar refractivity (Wildman–Crippen MR) is 59.6 cm³/mol. The minimum Gasteiger partial charge on any atom is -0.311 e. The van der Waals surface area contributed by atoms with E-state index in [0.29, 0.717) is 5.82 Å². The molecule has 0 aliphatic carbocycles. The first-order valence-corrected chi connectivity index (χ1v) is 5.27. The van der Waals surface area contributed by atoms with Gasteiger partial charge < -0.3 is 5.32 Å². The Hall–Kier alpha value is -1.75. The van der Waals surface area contributed by atoms with Crippen molar-refractivity contribution in [2.75, 3.05) is 5.32 Å². The van der Waals surface area contributed by atoms with Gasteiger partial charge in [0.25, 0.3) is 0 Å². The Kier molecular flexibility index (Phi) is 2.73. The van der Waals surface area contributed by atoms with Crippen molar-refractivity contribution in [3.8, 4) is 10.6 Å². The Morgan fingerprint density at radius 1 is 1.40 bits per heavy atom. The van der Waals surface area contributed by atoms with Gasteiger partial charge in [0.15, 0.2) is 0 Å². The predicted octanol–water partition coefficient (Wildman–Crippen LogP) is 2.16. The number of hydrogen-bond donors (Lipinski definition) is 1. The number of carbonyl (C=O) groups excluding carboxylic acids is 1. The molecule has 76 valence electrons. The number of aromatic nitrogens is 2. The van der Waals surface area contributed by atoms with E-state index >= 15 is 0 Å². The third-order valence-corrected chi connectivity index (χ3v) is 2.57. The fourth-order valence-corrected chi connectivity index (χ4v) is 1.77. The Labute approximate surface area is 91.0 Å². The highest BCUT2D eigenvalue weighted by atomic mass is 32.1. The maximum absolute atomic E-state index is 10.8. The summed E-state index contributed by atoms with van der Waals surface area (Å²) in [6.45, 7) is 1.45. The van der Waals surface area contributed by atoms with Crippen LogP contribution in [0.2, 0.25) is 0 Å².